The van der Waals surface area contributed by atoms with E-state index in [1.165, 1.54) is 0 Å². The van der Waals surface area contributed by atoms with Gasteiger partial charge in [0.25, 0.3) is 0 Å². The molecule has 0 aliphatic heterocycles. The molecule has 0 bridgehead atoms. The molecule has 2 unspecified atom stereocenters. The highest BCUT2D eigenvalue weighted by molar-refractivity contribution is 5.04. The highest BCUT2D eigenvalue weighted by Crippen LogP contribution is 2.06. The van der Waals surface area contributed by atoms with Gasteiger partial charge in [0.2, 0.25) is 0 Å². The maximum Gasteiger partial charge on any atom is 0.0738 e. The Balaban J connectivity index is 3.99. The van der Waals surface area contributed by atoms with Crippen LogP contribution < -0.4 is 5.32 Å². The summed E-state index contributed by atoms with van der Waals surface area (Å²) in [6, 6.07) is 0.287. The van der Waals surface area contributed by atoms with Gasteiger partial charge in [-0.1, -0.05) is 19.1 Å². The van der Waals surface area contributed by atoms with Gasteiger partial charge in [0.05, 0.1) is 12.1 Å². The van der Waals surface area contributed by atoms with E-state index >= 15 is 0 Å². The maximum absolute atomic E-state index is 5.49. The standard InChI is InChI=1S/C10H21NO/c1-6-11-10(8(3)4)9(5)12-7-2/h9-11H,3,6-7H2,1-2,4-5H3. The lowest BCUT2D eigenvalue weighted by atomic mass is 10.1. The second-order valence-electron chi connectivity index (χ2n) is 3.04. The molecule has 0 aromatic rings. The zero-order valence-corrected chi connectivity index (χ0v) is 8.68. The Labute approximate surface area is 76.0 Å². The Morgan fingerprint density at radius 2 is 2.08 bits per heavy atom. The number of likely N-dealkylation sites (N-methyl/N-ethyl adjacent to an activating group) is 1. The molecular weight excluding hydrogens is 150 g/mol. The third-order valence-corrected chi connectivity index (χ3v) is 1.85. The van der Waals surface area contributed by atoms with Gasteiger partial charge in [-0.05, 0) is 27.3 Å². The minimum atomic E-state index is 0.215. The van der Waals surface area contributed by atoms with Gasteiger partial charge in [0.1, 0.15) is 0 Å². The average Bonchev–Trinajstić information content (AvgIpc) is 1.99. The molecule has 1 N–H and O–H groups in total. The normalized spacial score (nSPS) is 15.7. The zero-order valence-electron chi connectivity index (χ0n) is 8.68. The molecule has 0 aromatic heterocycles. The molecule has 0 heterocycles. The summed E-state index contributed by atoms with van der Waals surface area (Å²) in [5.74, 6) is 0. The van der Waals surface area contributed by atoms with Crippen molar-refractivity contribution in [3.63, 3.8) is 0 Å². The molecule has 0 rings (SSSR count). The van der Waals surface area contributed by atoms with Crippen LogP contribution in [0.25, 0.3) is 0 Å². The van der Waals surface area contributed by atoms with Crippen molar-refractivity contribution >= 4 is 0 Å². The third-order valence-electron chi connectivity index (χ3n) is 1.85. The van der Waals surface area contributed by atoms with Crippen molar-refractivity contribution < 1.29 is 4.74 Å². The first-order valence-electron chi connectivity index (χ1n) is 4.63. The van der Waals surface area contributed by atoms with Gasteiger partial charge in [0, 0.05) is 6.61 Å². The van der Waals surface area contributed by atoms with Crippen LogP contribution in [-0.2, 0) is 4.74 Å². The predicted octanol–water partition coefficient (Wildman–Crippen LogP) is 1.97. The Kier molecular flexibility index (Phi) is 6.03. The minimum Gasteiger partial charge on any atom is -0.377 e. The van der Waals surface area contributed by atoms with Crippen LogP contribution in [-0.4, -0.2) is 25.3 Å². The lowest BCUT2D eigenvalue weighted by Gasteiger charge is -2.24. The van der Waals surface area contributed by atoms with E-state index in [1.807, 2.05) is 13.8 Å². The summed E-state index contributed by atoms with van der Waals surface area (Å²) < 4.78 is 5.49. The average molecular weight is 171 g/mol. The lowest BCUT2D eigenvalue weighted by Crippen LogP contribution is -2.40. The summed E-state index contributed by atoms with van der Waals surface area (Å²) in [6.45, 7) is 13.9. The van der Waals surface area contributed by atoms with Gasteiger partial charge in [-0.2, -0.15) is 0 Å². The van der Waals surface area contributed by atoms with Crippen molar-refractivity contribution in [2.24, 2.45) is 0 Å². The lowest BCUT2D eigenvalue weighted by molar-refractivity contribution is 0.0571. The van der Waals surface area contributed by atoms with Crippen molar-refractivity contribution in [3.8, 4) is 0 Å². The topological polar surface area (TPSA) is 21.3 Å². The summed E-state index contributed by atoms with van der Waals surface area (Å²) in [5, 5.41) is 3.34. The Bertz CT molecular complexity index is 134. The quantitative estimate of drug-likeness (QED) is 0.617. The maximum atomic E-state index is 5.49. The summed E-state index contributed by atoms with van der Waals surface area (Å²) in [4.78, 5) is 0. The van der Waals surface area contributed by atoms with Crippen molar-refractivity contribution in [1.29, 1.82) is 0 Å². The van der Waals surface area contributed by atoms with Crippen molar-refractivity contribution in [2.75, 3.05) is 13.2 Å². The van der Waals surface area contributed by atoms with Crippen LogP contribution in [0.3, 0.4) is 0 Å². The highest BCUT2D eigenvalue weighted by atomic mass is 16.5. The van der Waals surface area contributed by atoms with Crippen LogP contribution in [0.5, 0.6) is 0 Å². The molecular formula is C10H21NO. The first-order valence-corrected chi connectivity index (χ1v) is 4.63. The van der Waals surface area contributed by atoms with Gasteiger partial charge in [0.15, 0.2) is 0 Å². The van der Waals surface area contributed by atoms with E-state index in [-0.39, 0.29) is 12.1 Å². The molecule has 2 nitrogen and oxygen atoms in total. The predicted molar refractivity (Wildman–Crippen MR) is 53.4 cm³/mol. The molecule has 0 aromatic carbocycles. The molecule has 2 heteroatoms. The molecule has 0 aliphatic rings. The monoisotopic (exact) mass is 171 g/mol. The largest absolute Gasteiger partial charge is 0.377 e. The fourth-order valence-electron chi connectivity index (χ4n) is 1.32. The molecule has 0 radical (unpaired) electrons. The molecule has 0 spiro atoms. The number of hydrogen-bond acceptors (Lipinski definition) is 2. The van der Waals surface area contributed by atoms with Gasteiger partial charge in [-0.25, -0.2) is 0 Å². The van der Waals surface area contributed by atoms with Crippen molar-refractivity contribution in [3.05, 3.63) is 12.2 Å². The van der Waals surface area contributed by atoms with Crippen molar-refractivity contribution in [1.82, 2.24) is 5.32 Å². The Morgan fingerprint density at radius 1 is 1.50 bits per heavy atom. The van der Waals surface area contributed by atoms with E-state index in [2.05, 4.69) is 25.7 Å². The number of ether oxygens (including phenoxy) is 1. The summed E-state index contributed by atoms with van der Waals surface area (Å²) in [6.07, 6.45) is 0.215. The van der Waals surface area contributed by atoms with E-state index in [1.54, 1.807) is 0 Å². The molecule has 0 saturated carbocycles. The van der Waals surface area contributed by atoms with E-state index in [4.69, 9.17) is 4.74 Å². The minimum absolute atomic E-state index is 0.215. The smallest absolute Gasteiger partial charge is 0.0738 e. The van der Waals surface area contributed by atoms with Gasteiger partial charge in [-0.15, -0.1) is 0 Å². The van der Waals surface area contributed by atoms with Crippen LogP contribution in [0.4, 0.5) is 0 Å². The summed E-state index contributed by atoms with van der Waals surface area (Å²) in [7, 11) is 0. The van der Waals surface area contributed by atoms with Gasteiger partial charge >= 0.3 is 0 Å². The molecule has 0 aliphatic carbocycles. The second kappa shape index (κ2) is 6.21. The molecule has 0 amide bonds. The molecule has 12 heavy (non-hydrogen) atoms. The van der Waals surface area contributed by atoms with Crippen LogP contribution in [0, 0.1) is 0 Å². The molecule has 2 atom stereocenters. The zero-order chi connectivity index (χ0) is 9.56. The van der Waals surface area contributed by atoms with Crippen LogP contribution >= 0.6 is 0 Å². The van der Waals surface area contributed by atoms with E-state index in [0.29, 0.717) is 0 Å². The second-order valence-corrected chi connectivity index (χ2v) is 3.04. The number of hydrogen-bond donors (Lipinski definition) is 1. The molecule has 0 saturated heterocycles. The fraction of sp³-hybridized carbons (Fsp3) is 0.800. The van der Waals surface area contributed by atoms with Gasteiger partial charge in [-0.3, -0.25) is 0 Å². The summed E-state index contributed by atoms with van der Waals surface area (Å²) >= 11 is 0. The molecule has 0 fully saturated rings. The van der Waals surface area contributed by atoms with E-state index in [0.717, 1.165) is 18.7 Å². The Hall–Kier alpha value is -0.340. The van der Waals surface area contributed by atoms with Crippen LogP contribution in [0.2, 0.25) is 0 Å². The van der Waals surface area contributed by atoms with Crippen LogP contribution in [0.1, 0.15) is 27.7 Å². The van der Waals surface area contributed by atoms with Crippen LogP contribution in [0.15, 0.2) is 12.2 Å². The summed E-state index contributed by atoms with van der Waals surface area (Å²) in [5.41, 5.74) is 1.14. The van der Waals surface area contributed by atoms with Crippen molar-refractivity contribution in [2.45, 2.75) is 39.8 Å². The number of nitrogens with one attached hydrogen (secondary N) is 1. The molecule has 72 valence electrons. The van der Waals surface area contributed by atoms with E-state index in [9.17, 15) is 0 Å². The SMILES string of the molecule is C=C(C)C(NCC)C(C)OCC. The van der Waals surface area contributed by atoms with Gasteiger partial charge < -0.3 is 10.1 Å². The number of rotatable bonds is 6. The van der Waals surface area contributed by atoms with E-state index < -0.39 is 0 Å². The third kappa shape index (κ3) is 3.88. The first kappa shape index (κ1) is 11.7. The Morgan fingerprint density at radius 3 is 2.42 bits per heavy atom. The highest BCUT2D eigenvalue weighted by Gasteiger charge is 2.16. The fourth-order valence-corrected chi connectivity index (χ4v) is 1.32. The first-order chi connectivity index (χ1) is 5.63.